The van der Waals surface area contributed by atoms with Crippen molar-refractivity contribution in [3.05, 3.63) is 42.2 Å². The van der Waals surface area contributed by atoms with E-state index >= 15 is 0 Å². The van der Waals surface area contributed by atoms with Crippen molar-refractivity contribution in [1.82, 2.24) is 15.1 Å². The molecule has 6 heteroatoms. The highest BCUT2D eigenvalue weighted by Gasteiger charge is 2.29. The van der Waals surface area contributed by atoms with Crippen molar-refractivity contribution in [2.45, 2.75) is 31.5 Å². The SMILES string of the molecule is O=C(NC1CCn2nccc2C1)C1COc2ccccc2O1. The summed E-state index contributed by atoms with van der Waals surface area (Å²) in [5.41, 5.74) is 1.16. The minimum Gasteiger partial charge on any atom is -0.485 e. The van der Waals surface area contributed by atoms with Crippen LogP contribution >= 0.6 is 0 Å². The van der Waals surface area contributed by atoms with Crippen LogP contribution in [-0.2, 0) is 17.8 Å². The van der Waals surface area contributed by atoms with Crippen LogP contribution in [0.2, 0.25) is 0 Å². The van der Waals surface area contributed by atoms with Gasteiger partial charge in [0.1, 0.15) is 6.61 Å². The Balaban J connectivity index is 1.39. The second-order valence-electron chi connectivity index (χ2n) is 5.61. The molecule has 114 valence electrons. The molecule has 1 N–H and O–H groups in total. The van der Waals surface area contributed by atoms with Crippen molar-refractivity contribution in [3.8, 4) is 11.5 Å². The van der Waals surface area contributed by atoms with Crippen LogP contribution in [-0.4, -0.2) is 34.4 Å². The van der Waals surface area contributed by atoms with Crippen molar-refractivity contribution < 1.29 is 14.3 Å². The van der Waals surface area contributed by atoms with E-state index in [2.05, 4.69) is 10.4 Å². The Morgan fingerprint density at radius 2 is 2.14 bits per heavy atom. The van der Waals surface area contributed by atoms with Gasteiger partial charge in [-0.05, 0) is 24.6 Å². The molecule has 0 spiro atoms. The van der Waals surface area contributed by atoms with Crippen LogP contribution in [0.4, 0.5) is 0 Å². The quantitative estimate of drug-likeness (QED) is 0.903. The lowest BCUT2D eigenvalue weighted by molar-refractivity contribution is -0.131. The molecule has 2 unspecified atom stereocenters. The van der Waals surface area contributed by atoms with E-state index in [0.717, 1.165) is 25.1 Å². The van der Waals surface area contributed by atoms with Crippen LogP contribution in [0, 0.1) is 0 Å². The number of ether oxygens (including phenoxy) is 2. The maximum Gasteiger partial charge on any atom is 0.264 e. The van der Waals surface area contributed by atoms with E-state index in [1.807, 2.05) is 35.0 Å². The summed E-state index contributed by atoms with van der Waals surface area (Å²) < 4.78 is 13.3. The summed E-state index contributed by atoms with van der Waals surface area (Å²) in [4.78, 5) is 12.4. The Morgan fingerprint density at radius 1 is 1.27 bits per heavy atom. The Kier molecular flexibility index (Phi) is 3.21. The van der Waals surface area contributed by atoms with Crippen LogP contribution in [0.1, 0.15) is 12.1 Å². The van der Waals surface area contributed by atoms with Gasteiger partial charge in [-0.1, -0.05) is 12.1 Å². The van der Waals surface area contributed by atoms with Gasteiger partial charge in [0.25, 0.3) is 5.91 Å². The van der Waals surface area contributed by atoms with Crippen LogP contribution < -0.4 is 14.8 Å². The average Bonchev–Trinajstić information content (AvgIpc) is 3.02. The number of hydrogen-bond donors (Lipinski definition) is 1. The van der Waals surface area contributed by atoms with Gasteiger partial charge in [0.05, 0.1) is 0 Å². The second kappa shape index (κ2) is 5.36. The molecular weight excluding hydrogens is 282 g/mol. The fourth-order valence-electron chi connectivity index (χ4n) is 2.93. The molecule has 6 nitrogen and oxygen atoms in total. The molecule has 4 rings (SSSR count). The van der Waals surface area contributed by atoms with Crippen molar-refractivity contribution in [2.75, 3.05) is 6.61 Å². The summed E-state index contributed by atoms with van der Waals surface area (Å²) >= 11 is 0. The number of amides is 1. The number of hydrogen-bond acceptors (Lipinski definition) is 4. The third-order valence-corrected chi connectivity index (χ3v) is 4.10. The lowest BCUT2D eigenvalue weighted by atomic mass is 10.0. The summed E-state index contributed by atoms with van der Waals surface area (Å²) in [6, 6.07) is 9.52. The first-order valence-electron chi connectivity index (χ1n) is 7.49. The lowest BCUT2D eigenvalue weighted by Gasteiger charge is -2.29. The molecule has 0 radical (unpaired) electrons. The van der Waals surface area contributed by atoms with Gasteiger partial charge in [-0.15, -0.1) is 0 Å². The molecule has 0 bridgehead atoms. The van der Waals surface area contributed by atoms with Gasteiger partial charge in [0, 0.05) is 30.9 Å². The molecule has 0 saturated carbocycles. The Bertz CT molecular complexity index is 697. The highest BCUT2D eigenvalue weighted by molar-refractivity contribution is 5.82. The molecule has 1 amide bonds. The second-order valence-corrected chi connectivity index (χ2v) is 5.61. The smallest absolute Gasteiger partial charge is 0.264 e. The van der Waals surface area contributed by atoms with E-state index in [0.29, 0.717) is 11.5 Å². The number of rotatable bonds is 2. The van der Waals surface area contributed by atoms with Gasteiger partial charge in [0.15, 0.2) is 11.5 Å². The van der Waals surface area contributed by atoms with E-state index in [-0.39, 0.29) is 18.6 Å². The highest BCUT2D eigenvalue weighted by atomic mass is 16.6. The molecule has 1 aromatic heterocycles. The number of carbonyl (C=O) groups is 1. The van der Waals surface area contributed by atoms with E-state index in [1.165, 1.54) is 0 Å². The van der Waals surface area contributed by atoms with Crippen LogP contribution in [0.5, 0.6) is 11.5 Å². The standard InChI is InChI=1S/C16H17N3O3/c20-16(15-10-21-13-3-1-2-4-14(13)22-15)18-11-6-8-19-12(9-11)5-7-17-19/h1-5,7,11,15H,6,8-10H2,(H,18,20). The molecule has 0 aliphatic carbocycles. The number of nitrogens with zero attached hydrogens (tertiary/aromatic N) is 2. The predicted octanol–water partition coefficient (Wildman–Crippen LogP) is 1.15. The van der Waals surface area contributed by atoms with Crippen LogP contribution in [0.3, 0.4) is 0 Å². The van der Waals surface area contributed by atoms with E-state index in [4.69, 9.17) is 9.47 Å². The van der Waals surface area contributed by atoms with Gasteiger partial charge in [0.2, 0.25) is 6.10 Å². The molecule has 2 aliphatic rings. The summed E-state index contributed by atoms with van der Waals surface area (Å²) in [6.07, 6.45) is 2.89. The van der Waals surface area contributed by atoms with E-state index in [1.54, 1.807) is 6.20 Å². The predicted molar refractivity (Wildman–Crippen MR) is 78.8 cm³/mol. The average molecular weight is 299 g/mol. The van der Waals surface area contributed by atoms with E-state index < -0.39 is 6.10 Å². The molecule has 0 fully saturated rings. The fraction of sp³-hybridized carbons (Fsp3) is 0.375. The monoisotopic (exact) mass is 299 g/mol. The topological polar surface area (TPSA) is 65.4 Å². The summed E-state index contributed by atoms with van der Waals surface area (Å²) in [5, 5.41) is 7.31. The molecule has 0 saturated heterocycles. The maximum absolute atomic E-state index is 12.4. The molecule has 1 aromatic carbocycles. The largest absolute Gasteiger partial charge is 0.485 e. The zero-order chi connectivity index (χ0) is 14.9. The van der Waals surface area contributed by atoms with Gasteiger partial charge in [-0.3, -0.25) is 9.48 Å². The number of aryl methyl sites for hydroxylation is 1. The number of para-hydroxylation sites is 2. The molecule has 2 aliphatic heterocycles. The summed E-state index contributed by atoms with van der Waals surface area (Å²) in [6.45, 7) is 1.08. The summed E-state index contributed by atoms with van der Waals surface area (Å²) in [7, 11) is 0. The number of fused-ring (bicyclic) bond motifs is 2. The fourth-order valence-corrected chi connectivity index (χ4v) is 2.93. The first kappa shape index (κ1) is 13.2. The zero-order valence-electron chi connectivity index (χ0n) is 12.1. The zero-order valence-corrected chi connectivity index (χ0v) is 12.1. The third kappa shape index (κ3) is 2.41. The van der Waals surface area contributed by atoms with Crippen molar-refractivity contribution >= 4 is 5.91 Å². The molecule has 2 atom stereocenters. The highest BCUT2D eigenvalue weighted by Crippen LogP contribution is 2.30. The number of benzene rings is 1. The van der Waals surface area contributed by atoms with Gasteiger partial charge < -0.3 is 14.8 Å². The van der Waals surface area contributed by atoms with Crippen LogP contribution in [0.25, 0.3) is 0 Å². The van der Waals surface area contributed by atoms with Crippen LogP contribution in [0.15, 0.2) is 36.5 Å². The number of carbonyl (C=O) groups excluding carboxylic acids is 1. The number of nitrogens with one attached hydrogen (secondary N) is 1. The maximum atomic E-state index is 12.4. The van der Waals surface area contributed by atoms with E-state index in [9.17, 15) is 4.79 Å². The normalized spacial score (nSPS) is 22.7. The minimum atomic E-state index is -0.596. The van der Waals surface area contributed by atoms with Gasteiger partial charge in [-0.25, -0.2) is 0 Å². The van der Waals surface area contributed by atoms with Gasteiger partial charge >= 0.3 is 0 Å². The molecule has 3 heterocycles. The Morgan fingerprint density at radius 3 is 3.05 bits per heavy atom. The first-order chi connectivity index (χ1) is 10.8. The summed E-state index contributed by atoms with van der Waals surface area (Å²) in [5.74, 6) is 1.19. The van der Waals surface area contributed by atoms with Crippen molar-refractivity contribution in [1.29, 1.82) is 0 Å². The molecule has 2 aromatic rings. The third-order valence-electron chi connectivity index (χ3n) is 4.10. The minimum absolute atomic E-state index is 0.118. The van der Waals surface area contributed by atoms with Crippen molar-refractivity contribution in [2.24, 2.45) is 0 Å². The Hall–Kier alpha value is -2.50. The first-order valence-corrected chi connectivity index (χ1v) is 7.49. The molecular formula is C16H17N3O3. The van der Waals surface area contributed by atoms with Crippen molar-refractivity contribution in [3.63, 3.8) is 0 Å². The Labute approximate surface area is 128 Å². The molecule has 22 heavy (non-hydrogen) atoms. The van der Waals surface area contributed by atoms with Gasteiger partial charge in [-0.2, -0.15) is 5.10 Å². The lowest BCUT2D eigenvalue weighted by Crippen LogP contribution is -2.49. The number of aromatic nitrogens is 2.